The summed E-state index contributed by atoms with van der Waals surface area (Å²) in [5, 5.41) is 6.91. The molecule has 0 radical (unpaired) electrons. The fourth-order valence-corrected chi connectivity index (χ4v) is 3.82. The molecule has 138 valence electrons. The lowest BCUT2D eigenvalue weighted by Crippen LogP contribution is -2.53. The highest BCUT2D eigenvalue weighted by atomic mass is 16.5. The Morgan fingerprint density at radius 1 is 1.36 bits per heavy atom. The van der Waals surface area contributed by atoms with Crippen LogP contribution in [0.2, 0.25) is 0 Å². The average Bonchev–Trinajstić information content (AvgIpc) is 2.95. The van der Waals surface area contributed by atoms with Gasteiger partial charge in [-0.15, -0.1) is 0 Å². The van der Waals surface area contributed by atoms with E-state index in [0.717, 1.165) is 32.5 Å². The van der Waals surface area contributed by atoms with Gasteiger partial charge in [-0.1, -0.05) is 0 Å². The second-order valence-corrected chi connectivity index (χ2v) is 7.14. The summed E-state index contributed by atoms with van der Waals surface area (Å²) in [6.45, 7) is 4.51. The maximum absolute atomic E-state index is 12.8. The van der Waals surface area contributed by atoms with Gasteiger partial charge in [0.25, 0.3) is 5.91 Å². The molecule has 0 aromatic carbocycles. The van der Waals surface area contributed by atoms with E-state index in [1.165, 1.54) is 0 Å². The Morgan fingerprint density at radius 2 is 2.20 bits per heavy atom. The summed E-state index contributed by atoms with van der Waals surface area (Å²) in [5.41, 5.74) is 0.365. The lowest BCUT2D eigenvalue weighted by molar-refractivity contribution is -0.122. The smallest absolute Gasteiger partial charge is 0.274 e. The van der Waals surface area contributed by atoms with Gasteiger partial charge in [0.15, 0.2) is 0 Å². The zero-order valence-electron chi connectivity index (χ0n) is 15.0. The van der Waals surface area contributed by atoms with Crippen LogP contribution in [0, 0.1) is 5.41 Å². The Kier molecular flexibility index (Phi) is 5.39. The van der Waals surface area contributed by atoms with E-state index in [0.29, 0.717) is 32.0 Å². The molecule has 0 saturated carbocycles. The number of carbonyl (C=O) groups is 2. The second-order valence-electron chi connectivity index (χ2n) is 7.14. The molecule has 0 aliphatic carbocycles. The number of likely N-dealkylation sites (tertiary alicyclic amines) is 1. The van der Waals surface area contributed by atoms with Crippen molar-refractivity contribution in [3.05, 3.63) is 18.0 Å². The topological polar surface area (TPSA) is 79.7 Å². The molecular formula is C17H27N5O3. The van der Waals surface area contributed by atoms with Gasteiger partial charge in [0.1, 0.15) is 5.69 Å². The Labute approximate surface area is 148 Å². The normalized spacial score (nSPS) is 25.0. The van der Waals surface area contributed by atoms with Crippen molar-refractivity contribution in [2.24, 2.45) is 12.5 Å². The van der Waals surface area contributed by atoms with E-state index in [9.17, 15) is 9.59 Å². The van der Waals surface area contributed by atoms with Gasteiger partial charge in [-0.25, -0.2) is 0 Å². The summed E-state index contributed by atoms with van der Waals surface area (Å²) in [6.07, 6.45) is 3.73. The van der Waals surface area contributed by atoms with Gasteiger partial charge in [0, 0.05) is 51.9 Å². The van der Waals surface area contributed by atoms with Crippen molar-refractivity contribution in [3.63, 3.8) is 0 Å². The molecule has 2 fully saturated rings. The van der Waals surface area contributed by atoms with E-state index in [-0.39, 0.29) is 17.2 Å². The maximum Gasteiger partial charge on any atom is 0.274 e. The fourth-order valence-electron chi connectivity index (χ4n) is 3.82. The molecule has 2 saturated heterocycles. The van der Waals surface area contributed by atoms with Crippen molar-refractivity contribution in [1.82, 2.24) is 24.9 Å². The molecule has 0 bridgehead atoms. The minimum atomic E-state index is -0.118. The number of nitrogens with zero attached hydrogens (tertiary/aromatic N) is 4. The van der Waals surface area contributed by atoms with E-state index in [1.54, 1.807) is 24.0 Å². The predicted molar refractivity (Wildman–Crippen MR) is 92.1 cm³/mol. The van der Waals surface area contributed by atoms with Crippen molar-refractivity contribution in [1.29, 1.82) is 0 Å². The number of hydrogen-bond donors (Lipinski definition) is 1. The first-order valence-corrected chi connectivity index (χ1v) is 8.81. The third-order valence-electron chi connectivity index (χ3n) is 5.05. The molecule has 2 aliphatic rings. The van der Waals surface area contributed by atoms with Gasteiger partial charge in [-0.05, 0) is 18.9 Å². The van der Waals surface area contributed by atoms with Crippen LogP contribution in [0.3, 0.4) is 0 Å². The zero-order valence-corrected chi connectivity index (χ0v) is 15.0. The highest BCUT2D eigenvalue weighted by Crippen LogP contribution is 2.33. The van der Waals surface area contributed by atoms with E-state index in [4.69, 9.17) is 4.74 Å². The number of rotatable bonds is 3. The summed E-state index contributed by atoms with van der Waals surface area (Å²) < 4.78 is 7.49. The van der Waals surface area contributed by atoms with Gasteiger partial charge in [-0.3, -0.25) is 19.2 Å². The van der Waals surface area contributed by atoms with E-state index < -0.39 is 0 Å². The van der Waals surface area contributed by atoms with Crippen LogP contribution >= 0.6 is 0 Å². The number of ether oxygens (including phenoxy) is 1. The number of likely N-dealkylation sites (N-methyl/N-ethyl adjacent to an activating group) is 1. The first-order valence-electron chi connectivity index (χ1n) is 8.81. The van der Waals surface area contributed by atoms with Crippen molar-refractivity contribution in [2.75, 3.05) is 53.0 Å². The Bertz CT molecular complexity index is 632. The summed E-state index contributed by atoms with van der Waals surface area (Å²) >= 11 is 0. The highest BCUT2D eigenvalue weighted by Gasteiger charge is 2.40. The molecule has 3 heterocycles. The summed E-state index contributed by atoms with van der Waals surface area (Å²) in [7, 11) is 3.46. The van der Waals surface area contributed by atoms with Crippen molar-refractivity contribution in [3.8, 4) is 0 Å². The van der Waals surface area contributed by atoms with Crippen LogP contribution in [0.4, 0.5) is 0 Å². The monoisotopic (exact) mass is 349 g/mol. The molecule has 2 aliphatic heterocycles. The summed E-state index contributed by atoms with van der Waals surface area (Å²) in [6, 6.07) is 1.76. The molecule has 1 unspecified atom stereocenters. The zero-order chi connectivity index (χ0) is 17.9. The Hall–Kier alpha value is -1.93. The molecule has 1 aromatic rings. The largest absolute Gasteiger partial charge is 0.379 e. The summed E-state index contributed by atoms with van der Waals surface area (Å²) in [4.78, 5) is 28.5. The van der Waals surface area contributed by atoms with Gasteiger partial charge >= 0.3 is 0 Å². The number of nitrogens with one attached hydrogen (secondary N) is 1. The van der Waals surface area contributed by atoms with E-state index in [2.05, 4.69) is 15.3 Å². The van der Waals surface area contributed by atoms with Crippen LogP contribution in [0.5, 0.6) is 0 Å². The molecule has 3 rings (SSSR count). The lowest BCUT2D eigenvalue weighted by atomic mass is 9.80. The number of hydrogen-bond acceptors (Lipinski definition) is 5. The molecule has 1 N–H and O–H groups in total. The number of carbonyl (C=O) groups excluding carboxylic acids is 2. The fraction of sp³-hybridized carbons (Fsp3) is 0.706. The Morgan fingerprint density at radius 3 is 2.92 bits per heavy atom. The lowest BCUT2D eigenvalue weighted by Gasteiger charge is -2.43. The van der Waals surface area contributed by atoms with Crippen molar-refractivity contribution in [2.45, 2.75) is 12.8 Å². The van der Waals surface area contributed by atoms with Crippen LogP contribution in [-0.4, -0.2) is 84.4 Å². The molecular weight excluding hydrogens is 322 g/mol. The molecule has 1 atom stereocenters. The first kappa shape index (κ1) is 17.9. The van der Waals surface area contributed by atoms with Gasteiger partial charge in [0.2, 0.25) is 5.91 Å². The predicted octanol–water partition coefficient (Wildman–Crippen LogP) is -0.279. The van der Waals surface area contributed by atoms with Crippen LogP contribution < -0.4 is 5.32 Å². The molecule has 25 heavy (non-hydrogen) atoms. The van der Waals surface area contributed by atoms with E-state index in [1.807, 2.05) is 11.9 Å². The van der Waals surface area contributed by atoms with Crippen LogP contribution in [0.15, 0.2) is 12.3 Å². The molecule has 8 nitrogen and oxygen atoms in total. The minimum absolute atomic E-state index is 0.00859. The first-order chi connectivity index (χ1) is 12.0. The van der Waals surface area contributed by atoms with Gasteiger partial charge in [0.05, 0.1) is 19.8 Å². The third-order valence-corrected chi connectivity index (χ3v) is 5.05. The van der Waals surface area contributed by atoms with Crippen LogP contribution in [0.25, 0.3) is 0 Å². The SMILES string of the molecule is CNC(=O)CN1CCOCC2(CCCN(C(=O)c3ccn(C)n3)C2)C1. The standard InChI is InChI=1S/C17H27N5O3/c1-18-15(23)10-21-8-9-25-13-17(11-21)5-3-6-22(12-17)16(24)14-4-7-20(2)19-14/h4,7H,3,5-6,8-13H2,1-2H3,(H,18,23). The van der Waals surface area contributed by atoms with Crippen molar-refractivity contribution < 1.29 is 14.3 Å². The van der Waals surface area contributed by atoms with Gasteiger partial charge in [-0.2, -0.15) is 5.10 Å². The highest BCUT2D eigenvalue weighted by molar-refractivity contribution is 5.92. The maximum atomic E-state index is 12.8. The number of aryl methyl sites for hydroxylation is 1. The Balaban J connectivity index is 1.71. The number of piperidine rings is 1. The van der Waals surface area contributed by atoms with Crippen molar-refractivity contribution >= 4 is 11.8 Å². The van der Waals surface area contributed by atoms with Gasteiger partial charge < -0.3 is 15.0 Å². The third kappa shape index (κ3) is 4.19. The molecule has 1 spiro atoms. The number of aromatic nitrogens is 2. The molecule has 1 aromatic heterocycles. The van der Waals surface area contributed by atoms with Crippen LogP contribution in [-0.2, 0) is 16.6 Å². The second kappa shape index (κ2) is 7.53. The van der Waals surface area contributed by atoms with Crippen LogP contribution in [0.1, 0.15) is 23.3 Å². The average molecular weight is 349 g/mol. The molecule has 2 amide bonds. The molecule has 8 heteroatoms. The minimum Gasteiger partial charge on any atom is -0.379 e. The summed E-state index contributed by atoms with van der Waals surface area (Å²) in [5.74, 6) is -0.0175. The van der Waals surface area contributed by atoms with E-state index >= 15 is 0 Å². The number of amides is 2. The quantitative estimate of drug-likeness (QED) is 0.812.